The summed E-state index contributed by atoms with van der Waals surface area (Å²) in [7, 11) is 0. The lowest BCUT2D eigenvalue weighted by Gasteiger charge is -2.32. The highest BCUT2D eigenvalue weighted by Gasteiger charge is 2.20. The van der Waals surface area contributed by atoms with Gasteiger partial charge >= 0.3 is 6.03 Å². The van der Waals surface area contributed by atoms with Crippen LogP contribution in [0.25, 0.3) is 0 Å². The van der Waals surface area contributed by atoms with E-state index in [4.69, 9.17) is 5.26 Å². The average Bonchev–Trinajstić information content (AvgIpc) is 2.54. The summed E-state index contributed by atoms with van der Waals surface area (Å²) < 4.78 is 0. The number of rotatable bonds is 5. The number of piperidine rings is 1. The van der Waals surface area contributed by atoms with Gasteiger partial charge in [-0.3, -0.25) is 4.90 Å². The largest absolute Gasteiger partial charge is 0.338 e. The Kier molecular flexibility index (Phi) is 6.23. The van der Waals surface area contributed by atoms with Gasteiger partial charge in [0, 0.05) is 26.2 Å². The van der Waals surface area contributed by atoms with Crippen molar-refractivity contribution in [3.8, 4) is 6.07 Å². The molecule has 5 heteroatoms. The van der Waals surface area contributed by atoms with E-state index in [0.29, 0.717) is 18.0 Å². The van der Waals surface area contributed by atoms with E-state index >= 15 is 0 Å². The molecule has 1 aromatic carbocycles. The average molecular weight is 300 g/mol. The summed E-state index contributed by atoms with van der Waals surface area (Å²) in [5.41, 5.74) is 1.89. The maximum atomic E-state index is 11.5. The van der Waals surface area contributed by atoms with Gasteiger partial charge in [-0.25, -0.2) is 4.79 Å². The van der Waals surface area contributed by atoms with E-state index in [1.165, 1.54) is 5.56 Å². The summed E-state index contributed by atoms with van der Waals surface area (Å²) >= 11 is 0. The van der Waals surface area contributed by atoms with E-state index in [0.717, 1.165) is 39.0 Å². The van der Waals surface area contributed by atoms with Crippen molar-refractivity contribution in [2.45, 2.75) is 26.3 Å². The molecule has 0 radical (unpaired) electrons. The number of hydrogen-bond donors (Lipinski definition) is 2. The summed E-state index contributed by atoms with van der Waals surface area (Å²) in [6.45, 7) is 6.22. The summed E-state index contributed by atoms with van der Waals surface area (Å²) in [5.74, 6) is 0.496. The Hall–Kier alpha value is -2.06. The lowest BCUT2D eigenvalue weighted by molar-refractivity contribution is 0.165. The zero-order chi connectivity index (χ0) is 15.8. The van der Waals surface area contributed by atoms with Crippen molar-refractivity contribution in [2.24, 2.45) is 5.92 Å². The Morgan fingerprint density at radius 2 is 2.32 bits per heavy atom. The first kappa shape index (κ1) is 16.3. The monoisotopic (exact) mass is 300 g/mol. The number of carbonyl (C=O) groups is 1. The molecule has 0 aliphatic carbocycles. The fraction of sp³-hybridized carbons (Fsp3) is 0.529. The van der Waals surface area contributed by atoms with Crippen molar-refractivity contribution in [2.75, 3.05) is 26.2 Å². The molecule has 5 nitrogen and oxygen atoms in total. The first-order chi connectivity index (χ1) is 10.7. The van der Waals surface area contributed by atoms with Crippen LogP contribution in [0, 0.1) is 17.2 Å². The molecular weight excluding hydrogens is 276 g/mol. The van der Waals surface area contributed by atoms with Crippen LogP contribution in [0.1, 0.15) is 30.9 Å². The quantitative estimate of drug-likeness (QED) is 0.875. The molecule has 0 unspecified atom stereocenters. The smallest absolute Gasteiger partial charge is 0.314 e. The normalized spacial score (nSPS) is 18.5. The molecule has 118 valence electrons. The van der Waals surface area contributed by atoms with Crippen LogP contribution in [0.2, 0.25) is 0 Å². The molecule has 1 aliphatic rings. The molecule has 1 fully saturated rings. The van der Waals surface area contributed by atoms with Gasteiger partial charge in [-0.1, -0.05) is 12.1 Å². The predicted octanol–water partition coefficient (Wildman–Crippen LogP) is 2.09. The summed E-state index contributed by atoms with van der Waals surface area (Å²) in [6.07, 6.45) is 2.31. The number of nitrogens with zero attached hydrogens (tertiary/aromatic N) is 2. The molecule has 1 heterocycles. The van der Waals surface area contributed by atoms with Crippen LogP contribution in [0.3, 0.4) is 0 Å². The number of likely N-dealkylation sites (tertiary alicyclic amines) is 1. The molecule has 1 aliphatic heterocycles. The molecular formula is C17H24N4O. The molecule has 1 atom stereocenters. The second kappa shape index (κ2) is 8.40. The zero-order valence-electron chi connectivity index (χ0n) is 13.1. The number of benzene rings is 1. The Morgan fingerprint density at radius 3 is 3.09 bits per heavy atom. The lowest BCUT2D eigenvalue weighted by atomic mass is 9.97. The van der Waals surface area contributed by atoms with Crippen molar-refractivity contribution in [1.29, 1.82) is 5.26 Å². The molecule has 22 heavy (non-hydrogen) atoms. The van der Waals surface area contributed by atoms with Crippen LogP contribution in [0.4, 0.5) is 4.79 Å². The Balaban J connectivity index is 1.82. The highest BCUT2D eigenvalue weighted by atomic mass is 16.2. The standard InChI is InChI=1S/C17H24N4O/c1-2-19-17(22)20-11-16-7-4-8-21(13-16)12-15-6-3-5-14(9-15)10-18/h3,5-6,9,16H,2,4,7-8,11-13H2,1H3,(H2,19,20,22)/t16-/m1/s1. The van der Waals surface area contributed by atoms with Gasteiger partial charge in [0.15, 0.2) is 0 Å². The fourth-order valence-corrected chi connectivity index (χ4v) is 2.92. The SMILES string of the molecule is CCNC(=O)NC[C@H]1CCCN(Cc2cccc(C#N)c2)C1. The fourth-order valence-electron chi connectivity index (χ4n) is 2.92. The van der Waals surface area contributed by atoms with E-state index in [9.17, 15) is 4.79 Å². The van der Waals surface area contributed by atoms with Crippen LogP contribution < -0.4 is 10.6 Å². The molecule has 2 amide bonds. The minimum atomic E-state index is -0.0821. The Morgan fingerprint density at radius 1 is 1.45 bits per heavy atom. The first-order valence-corrected chi connectivity index (χ1v) is 7.94. The Bertz CT molecular complexity index is 538. The van der Waals surface area contributed by atoms with Gasteiger partial charge in [-0.2, -0.15) is 5.26 Å². The van der Waals surface area contributed by atoms with Crippen molar-refractivity contribution in [3.05, 3.63) is 35.4 Å². The van der Waals surface area contributed by atoms with Gasteiger partial charge in [0.05, 0.1) is 11.6 Å². The van der Waals surface area contributed by atoms with Gasteiger partial charge in [-0.05, 0) is 49.9 Å². The summed E-state index contributed by atoms with van der Waals surface area (Å²) in [6, 6.07) is 9.89. The van der Waals surface area contributed by atoms with Crippen molar-refractivity contribution in [3.63, 3.8) is 0 Å². The molecule has 1 aromatic rings. The van der Waals surface area contributed by atoms with Gasteiger partial charge < -0.3 is 10.6 Å². The van der Waals surface area contributed by atoms with Crippen molar-refractivity contribution < 1.29 is 4.79 Å². The molecule has 0 aromatic heterocycles. The van der Waals surface area contributed by atoms with Gasteiger partial charge in [0.2, 0.25) is 0 Å². The predicted molar refractivity (Wildman–Crippen MR) is 86.2 cm³/mol. The van der Waals surface area contributed by atoms with E-state index in [1.807, 2.05) is 25.1 Å². The van der Waals surface area contributed by atoms with Gasteiger partial charge in [0.25, 0.3) is 0 Å². The highest BCUT2D eigenvalue weighted by Crippen LogP contribution is 2.18. The molecule has 2 rings (SSSR count). The summed E-state index contributed by atoms with van der Waals surface area (Å²) in [5, 5.41) is 14.7. The van der Waals surface area contributed by atoms with E-state index in [-0.39, 0.29) is 6.03 Å². The molecule has 2 N–H and O–H groups in total. The lowest BCUT2D eigenvalue weighted by Crippen LogP contribution is -2.43. The van der Waals surface area contributed by atoms with Gasteiger partial charge in [-0.15, -0.1) is 0 Å². The third-order valence-electron chi connectivity index (χ3n) is 3.95. The van der Waals surface area contributed by atoms with Crippen molar-refractivity contribution >= 4 is 6.03 Å². The maximum Gasteiger partial charge on any atom is 0.314 e. The Labute approximate surface area is 132 Å². The number of amides is 2. The number of nitriles is 1. The van der Waals surface area contributed by atoms with E-state index in [2.05, 4.69) is 27.7 Å². The van der Waals surface area contributed by atoms with Crippen LogP contribution >= 0.6 is 0 Å². The molecule has 0 saturated carbocycles. The minimum Gasteiger partial charge on any atom is -0.338 e. The number of carbonyl (C=O) groups excluding carboxylic acids is 1. The minimum absolute atomic E-state index is 0.0821. The second-order valence-corrected chi connectivity index (χ2v) is 5.80. The maximum absolute atomic E-state index is 11.5. The third kappa shape index (κ3) is 5.05. The number of nitrogens with one attached hydrogen (secondary N) is 2. The number of hydrogen-bond acceptors (Lipinski definition) is 3. The van der Waals surface area contributed by atoms with Crippen LogP contribution in [0.15, 0.2) is 24.3 Å². The van der Waals surface area contributed by atoms with E-state index in [1.54, 1.807) is 0 Å². The highest BCUT2D eigenvalue weighted by molar-refractivity contribution is 5.73. The molecule has 0 spiro atoms. The molecule has 0 bridgehead atoms. The summed E-state index contributed by atoms with van der Waals surface area (Å²) in [4.78, 5) is 13.9. The first-order valence-electron chi connectivity index (χ1n) is 7.94. The second-order valence-electron chi connectivity index (χ2n) is 5.80. The number of urea groups is 1. The van der Waals surface area contributed by atoms with Crippen LogP contribution in [0.5, 0.6) is 0 Å². The van der Waals surface area contributed by atoms with Gasteiger partial charge in [0.1, 0.15) is 0 Å². The van der Waals surface area contributed by atoms with Crippen LogP contribution in [-0.2, 0) is 6.54 Å². The molecule has 1 saturated heterocycles. The van der Waals surface area contributed by atoms with Crippen LogP contribution in [-0.4, -0.2) is 37.1 Å². The third-order valence-corrected chi connectivity index (χ3v) is 3.95. The van der Waals surface area contributed by atoms with Crippen molar-refractivity contribution in [1.82, 2.24) is 15.5 Å². The van der Waals surface area contributed by atoms with E-state index < -0.39 is 0 Å². The zero-order valence-corrected chi connectivity index (χ0v) is 13.1. The topological polar surface area (TPSA) is 68.2 Å².